The number of anilines is 1. The van der Waals surface area contributed by atoms with E-state index in [1.807, 2.05) is 36.4 Å². The van der Waals surface area contributed by atoms with Crippen LogP contribution in [0, 0.1) is 6.92 Å². The van der Waals surface area contributed by atoms with Crippen molar-refractivity contribution in [1.82, 2.24) is 15.5 Å². The zero-order chi connectivity index (χ0) is 19.5. The first-order chi connectivity index (χ1) is 13.6. The summed E-state index contributed by atoms with van der Waals surface area (Å²) in [5.41, 5.74) is 2.36. The van der Waals surface area contributed by atoms with Crippen LogP contribution in [0.4, 0.5) is 5.69 Å². The van der Waals surface area contributed by atoms with E-state index in [1.54, 1.807) is 26.2 Å². The largest absolute Gasteiger partial charge is 0.495 e. The van der Waals surface area contributed by atoms with Gasteiger partial charge in [-0.15, -0.1) is 10.2 Å². The number of carbonyl (C=O) groups excluding carboxylic acids is 1. The number of amides is 1. The molecule has 0 radical (unpaired) electrons. The standard InChI is InChI=1S/C21H22N4O3/c1-14-23-24-21(28-14)16-7-5-6-15(12-16)20(26)22-17-10-11-25(13-17)18-8-3-4-9-19(18)27-2/h3-9,12,17H,10-11,13H2,1-2H3,(H,22,26). The van der Waals surface area contributed by atoms with E-state index in [1.165, 1.54) is 0 Å². The predicted molar refractivity (Wildman–Crippen MR) is 106 cm³/mol. The van der Waals surface area contributed by atoms with Gasteiger partial charge in [-0.3, -0.25) is 4.79 Å². The van der Waals surface area contributed by atoms with Crippen LogP contribution in [-0.4, -0.2) is 42.3 Å². The van der Waals surface area contributed by atoms with E-state index in [0.717, 1.165) is 36.5 Å². The first-order valence-corrected chi connectivity index (χ1v) is 9.23. The van der Waals surface area contributed by atoms with Crippen molar-refractivity contribution >= 4 is 11.6 Å². The van der Waals surface area contributed by atoms with Gasteiger partial charge in [0, 0.05) is 37.2 Å². The highest BCUT2D eigenvalue weighted by molar-refractivity contribution is 5.95. The zero-order valence-electron chi connectivity index (χ0n) is 15.9. The van der Waals surface area contributed by atoms with Crippen LogP contribution in [0.25, 0.3) is 11.5 Å². The molecule has 7 nitrogen and oxygen atoms in total. The van der Waals surface area contributed by atoms with Crippen LogP contribution in [0.2, 0.25) is 0 Å². The number of nitrogens with one attached hydrogen (secondary N) is 1. The number of ether oxygens (including phenoxy) is 1. The minimum absolute atomic E-state index is 0.0757. The highest BCUT2D eigenvalue weighted by atomic mass is 16.5. The number of aryl methyl sites for hydroxylation is 1. The van der Waals surface area contributed by atoms with Crippen molar-refractivity contribution < 1.29 is 13.9 Å². The Balaban J connectivity index is 1.43. The highest BCUT2D eigenvalue weighted by Crippen LogP contribution is 2.30. The monoisotopic (exact) mass is 378 g/mol. The fraction of sp³-hybridized carbons (Fsp3) is 0.286. The van der Waals surface area contributed by atoms with Crippen LogP contribution in [0.5, 0.6) is 5.75 Å². The predicted octanol–water partition coefficient (Wildman–Crippen LogP) is 3.06. The topological polar surface area (TPSA) is 80.5 Å². The second kappa shape index (κ2) is 7.72. The van der Waals surface area contributed by atoms with E-state index < -0.39 is 0 Å². The highest BCUT2D eigenvalue weighted by Gasteiger charge is 2.26. The zero-order valence-corrected chi connectivity index (χ0v) is 15.9. The molecule has 0 bridgehead atoms. The number of rotatable bonds is 5. The van der Waals surface area contributed by atoms with E-state index >= 15 is 0 Å². The average Bonchev–Trinajstić information content (AvgIpc) is 3.37. The van der Waals surface area contributed by atoms with Crippen molar-refractivity contribution in [2.45, 2.75) is 19.4 Å². The molecule has 2 aromatic carbocycles. The first kappa shape index (κ1) is 18.0. The molecule has 4 rings (SSSR count). The number of hydrogen-bond donors (Lipinski definition) is 1. The van der Waals surface area contributed by atoms with Gasteiger partial charge in [-0.1, -0.05) is 18.2 Å². The van der Waals surface area contributed by atoms with Gasteiger partial charge in [0.1, 0.15) is 5.75 Å². The maximum Gasteiger partial charge on any atom is 0.251 e. The fourth-order valence-corrected chi connectivity index (χ4v) is 3.46. The van der Waals surface area contributed by atoms with Gasteiger partial charge in [-0.25, -0.2) is 0 Å². The Kier molecular flexibility index (Phi) is 4.97. The van der Waals surface area contributed by atoms with Gasteiger partial charge in [-0.05, 0) is 36.8 Å². The molecule has 1 atom stereocenters. The summed E-state index contributed by atoms with van der Waals surface area (Å²) in [6.07, 6.45) is 0.881. The van der Waals surface area contributed by atoms with Crippen LogP contribution in [0.1, 0.15) is 22.7 Å². The number of methoxy groups -OCH3 is 1. The Morgan fingerprint density at radius 3 is 2.86 bits per heavy atom. The number of aromatic nitrogens is 2. The molecule has 1 saturated heterocycles. The summed E-state index contributed by atoms with van der Waals surface area (Å²) in [5, 5.41) is 11.0. The van der Waals surface area contributed by atoms with Crippen LogP contribution < -0.4 is 15.0 Å². The third-order valence-electron chi connectivity index (χ3n) is 4.85. The lowest BCUT2D eigenvalue weighted by Crippen LogP contribution is -2.37. The van der Waals surface area contributed by atoms with Crippen molar-refractivity contribution in [3.05, 3.63) is 60.0 Å². The van der Waals surface area contributed by atoms with Crippen molar-refractivity contribution in [3.63, 3.8) is 0 Å². The SMILES string of the molecule is COc1ccccc1N1CCC(NC(=O)c2cccc(-c3nnc(C)o3)c2)C1. The molecule has 7 heteroatoms. The van der Waals surface area contributed by atoms with Crippen molar-refractivity contribution in [2.24, 2.45) is 0 Å². The maximum absolute atomic E-state index is 12.7. The summed E-state index contributed by atoms with van der Waals surface area (Å²) < 4.78 is 10.9. The minimum atomic E-state index is -0.107. The Morgan fingerprint density at radius 1 is 1.21 bits per heavy atom. The van der Waals surface area contributed by atoms with Gasteiger partial charge < -0.3 is 19.4 Å². The second-order valence-corrected chi connectivity index (χ2v) is 6.78. The Labute approximate surface area is 163 Å². The van der Waals surface area contributed by atoms with Crippen LogP contribution in [0.3, 0.4) is 0 Å². The minimum Gasteiger partial charge on any atom is -0.495 e. The molecule has 1 unspecified atom stereocenters. The average molecular weight is 378 g/mol. The van der Waals surface area contributed by atoms with Crippen molar-refractivity contribution in [2.75, 3.05) is 25.1 Å². The van der Waals surface area contributed by atoms with Crippen molar-refractivity contribution in [1.29, 1.82) is 0 Å². The van der Waals surface area contributed by atoms with Crippen LogP contribution in [0.15, 0.2) is 52.9 Å². The molecule has 1 aliphatic rings. The van der Waals surface area contributed by atoms with Crippen LogP contribution >= 0.6 is 0 Å². The summed E-state index contributed by atoms with van der Waals surface area (Å²) in [7, 11) is 1.67. The Hall–Kier alpha value is -3.35. The van der Waals surface area contributed by atoms with Gasteiger partial charge in [0.15, 0.2) is 0 Å². The quantitative estimate of drug-likeness (QED) is 0.735. The number of benzene rings is 2. The third kappa shape index (κ3) is 3.69. The Bertz CT molecular complexity index is 985. The summed E-state index contributed by atoms with van der Waals surface area (Å²) in [5.74, 6) is 1.64. The van der Waals surface area contributed by atoms with E-state index in [0.29, 0.717) is 17.3 Å². The molecule has 28 heavy (non-hydrogen) atoms. The van der Waals surface area contributed by atoms with Gasteiger partial charge in [0.2, 0.25) is 11.8 Å². The first-order valence-electron chi connectivity index (χ1n) is 9.23. The molecule has 1 fully saturated rings. The molecule has 0 spiro atoms. The lowest BCUT2D eigenvalue weighted by Gasteiger charge is -2.21. The summed E-state index contributed by atoms with van der Waals surface area (Å²) in [4.78, 5) is 15.0. The smallest absolute Gasteiger partial charge is 0.251 e. The molecule has 2 heterocycles. The summed E-state index contributed by atoms with van der Waals surface area (Å²) in [6.45, 7) is 3.35. The molecule has 1 N–H and O–H groups in total. The Morgan fingerprint density at radius 2 is 2.07 bits per heavy atom. The van der Waals surface area contributed by atoms with E-state index in [4.69, 9.17) is 9.15 Å². The lowest BCUT2D eigenvalue weighted by atomic mass is 10.1. The maximum atomic E-state index is 12.7. The number of hydrogen-bond acceptors (Lipinski definition) is 6. The molecule has 0 aliphatic carbocycles. The van der Waals surface area contributed by atoms with Crippen molar-refractivity contribution in [3.8, 4) is 17.2 Å². The molecule has 0 saturated carbocycles. The molecule has 1 aliphatic heterocycles. The molecular weight excluding hydrogens is 356 g/mol. The summed E-state index contributed by atoms with van der Waals surface area (Å²) in [6, 6.07) is 15.2. The lowest BCUT2D eigenvalue weighted by molar-refractivity contribution is 0.0940. The number of carbonyl (C=O) groups is 1. The summed E-state index contributed by atoms with van der Waals surface area (Å²) >= 11 is 0. The molecule has 144 valence electrons. The van der Waals surface area contributed by atoms with Gasteiger partial charge in [0.05, 0.1) is 12.8 Å². The van der Waals surface area contributed by atoms with E-state index in [-0.39, 0.29) is 11.9 Å². The molecule has 1 amide bonds. The number of nitrogens with zero attached hydrogens (tertiary/aromatic N) is 3. The van der Waals surface area contributed by atoms with Gasteiger partial charge in [0.25, 0.3) is 5.91 Å². The van der Waals surface area contributed by atoms with E-state index in [2.05, 4.69) is 20.4 Å². The van der Waals surface area contributed by atoms with Crippen LogP contribution in [-0.2, 0) is 0 Å². The molecule has 3 aromatic rings. The number of para-hydroxylation sites is 2. The molecule has 1 aromatic heterocycles. The van der Waals surface area contributed by atoms with Gasteiger partial charge in [-0.2, -0.15) is 0 Å². The van der Waals surface area contributed by atoms with Gasteiger partial charge >= 0.3 is 0 Å². The third-order valence-corrected chi connectivity index (χ3v) is 4.85. The fourth-order valence-electron chi connectivity index (χ4n) is 3.46. The van der Waals surface area contributed by atoms with E-state index in [9.17, 15) is 4.79 Å². The second-order valence-electron chi connectivity index (χ2n) is 6.78. The normalized spacial score (nSPS) is 16.2. The molecular formula is C21H22N4O3.